The standard InChI is InChI=1S/C19H20ClN3O3/c20-14-3-1-12(2-4-14)18-10-23-9-15(6-16(23)11-26-18)22-19(25)13-5-17(24)8-21-7-13/h1-5,7-8,15-16,18,24H,6,9-11H2,(H,22,25)/t15-,16+,18-/m1/s1. The molecule has 2 aliphatic heterocycles. The Hall–Kier alpha value is -2.15. The van der Waals surface area contributed by atoms with Gasteiger partial charge in [-0.3, -0.25) is 14.7 Å². The first-order chi connectivity index (χ1) is 12.6. The van der Waals surface area contributed by atoms with Crippen LogP contribution in [0.4, 0.5) is 0 Å². The van der Waals surface area contributed by atoms with E-state index in [1.807, 2.05) is 24.3 Å². The smallest absolute Gasteiger partial charge is 0.253 e. The number of carbonyl (C=O) groups excluding carboxylic acids is 1. The van der Waals surface area contributed by atoms with Crippen LogP contribution >= 0.6 is 11.6 Å². The lowest BCUT2D eigenvalue weighted by Gasteiger charge is -2.35. The van der Waals surface area contributed by atoms with Crippen molar-refractivity contribution in [2.24, 2.45) is 0 Å². The molecule has 0 radical (unpaired) electrons. The highest BCUT2D eigenvalue weighted by molar-refractivity contribution is 6.30. The lowest BCUT2D eigenvalue weighted by atomic mass is 10.1. The van der Waals surface area contributed by atoms with Crippen LogP contribution in [0, 0.1) is 0 Å². The molecule has 2 aliphatic rings. The maximum atomic E-state index is 12.4. The molecule has 0 unspecified atom stereocenters. The number of benzene rings is 1. The molecule has 1 aromatic carbocycles. The molecule has 0 spiro atoms. The van der Waals surface area contributed by atoms with Crippen molar-refractivity contribution in [2.45, 2.75) is 24.6 Å². The van der Waals surface area contributed by atoms with E-state index in [-0.39, 0.29) is 23.8 Å². The van der Waals surface area contributed by atoms with Crippen LogP contribution in [0.5, 0.6) is 5.75 Å². The Morgan fingerprint density at radius 1 is 1.27 bits per heavy atom. The van der Waals surface area contributed by atoms with Gasteiger partial charge < -0.3 is 15.2 Å². The summed E-state index contributed by atoms with van der Waals surface area (Å²) in [6.07, 6.45) is 3.64. The number of rotatable bonds is 3. The number of halogens is 1. The minimum atomic E-state index is -0.214. The highest BCUT2D eigenvalue weighted by atomic mass is 35.5. The zero-order valence-corrected chi connectivity index (χ0v) is 14.9. The number of aromatic nitrogens is 1. The molecule has 0 aliphatic carbocycles. The van der Waals surface area contributed by atoms with Crippen molar-refractivity contribution < 1.29 is 14.6 Å². The number of aromatic hydroxyl groups is 1. The topological polar surface area (TPSA) is 74.7 Å². The first-order valence-electron chi connectivity index (χ1n) is 8.64. The molecular formula is C19H20ClN3O3. The van der Waals surface area contributed by atoms with Gasteiger partial charge in [-0.1, -0.05) is 23.7 Å². The summed E-state index contributed by atoms with van der Waals surface area (Å²) in [7, 11) is 0. The van der Waals surface area contributed by atoms with Crippen LogP contribution in [0.25, 0.3) is 0 Å². The van der Waals surface area contributed by atoms with E-state index in [0.29, 0.717) is 23.2 Å². The summed E-state index contributed by atoms with van der Waals surface area (Å²) >= 11 is 5.96. The summed E-state index contributed by atoms with van der Waals surface area (Å²) in [6.45, 7) is 2.23. The molecule has 136 valence electrons. The molecule has 0 saturated carbocycles. The SMILES string of the molecule is O=C(N[C@@H]1C[C@H]2CO[C@@H](c3ccc(Cl)cc3)CN2C1)c1cncc(O)c1. The third kappa shape index (κ3) is 3.67. The van der Waals surface area contributed by atoms with Gasteiger partial charge in [0, 0.05) is 36.4 Å². The minimum Gasteiger partial charge on any atom is -0.506 e. The molecule has 1 aromatic heterocycles. The quantitative estimate of drug-likeness (QED) is 0.864. The van der Waals surface area contributed by atoms with E-state index in [4.69, 9.17) is 16.3 Å². The van der Waals surface area contributed by atoms with Gasteiger partial charge in [0.2, 0.25) is 0 Å². The molecule has 6 nitrogen and oxygen atoms in total. The van der Waals surface area contributed by atoms with Crippen LogP contribution < -0.4 is 5.32 Å². The number of nitrogens with one attached hydrogen (secondary N) is 1. The Bertz CT molecular complexity index is 799. The molecule has 3 atom stereocenters. The number of nitrogens with zero attached hydrogens (tertiary/aromatic N) is 2. The minimum absolute atomic E-state index is 0.0132. The van der Waals surface area contributed by atoms with Crippen molar-refractivity contribution >= 4 is 17.5 Å². The summed E-state index contributed by atoms with van der Waals surface area (Å²) < 4.78 is 6.03. The lowest BCUT2D eigenvalue weighted by molar-refractivity contribution is -0.0502. The van der Waals surface area contributed by atoms with Crippen LogP contribution in [-0.4, -0.2) is 52.7 Å². The molecule has 7 heteroatoms. The Labute approximate surface area is 156 Å². The average molecular weight is 374 g/mol. The van der Waals surface area contributed by atoms with Gasteiger partial charge in [-0.15, -0.1) is 0 Å². The maximum absolute atomic E-state index is 12.4. The summed E-state index contributed by atoms with van der Waals surface area (Å²) in [5, 5.41) is 13.2. The first-order valence-corrected chi connectivity index (χ1v) is 9.02. The van der Waals surface area contributed by atoms with Crippen molar-refractivity contribution in [3.63, 3.8) is 0 Å². The van der Waals surface area contributed by atoms with Gasteiger partial charge in [-0.25, -0.2) is 0 Å². The molecule has 2 saturated heterocycles. The first kappa shape index (κ1) is 17.3. The number of fused-ring (bicyclic) bond motifs is 1. The van der Waals surface area contributed by atoms with E-state index >= 15 is 0 Å². The summed E-state index contributed by atoms with van der Waals surface area (Å²) in [5.74, 6) is -0.228. The van der Waals surface area contributed by atoms with Gasteiger partial charge in [0.1, 0.15) is 5.75 Å². The maximum Gasteiger partial charge on any atom is 0.253 e. The molecule has 2 N–H and O–H groups in total. The number of morpholine rings is 1. The van der Waals surface area contributed by atoms with Gasteiger partial charge in [-0.2, -0.15) is 0 Å². The molecule has 4 rings (SSSR count). The van der Waals surface area contributed by atoms with Crippen molar-refractivity contribution in [3.05, 3.63) is 58.9 Å². The second-order valence-corrected chi connectivity index (χ2v) is 7.26. The normalized spacial score (nSPS) is 25.7. The molecule has 26 heavy (non-hydrogen) atoms. The number of amides is 1. The highest BCUT2D eigenvalue weighted by Gasteiger charge is 2.38. The molecule has 2 aromatic rings. The van der Waals surface area contributed by atoms with E-state index in [1.165, 1.54) is 18.5 Å². The van der Waals surface area contributed by atoms with E-state index in [2.05, 4.69) is 15.2 Å². The predicted octanol–water partition coefficient (Wildman–Crippen LogP) is 2.38. The zero-order chi connectivity index (χ0) is 18.1. The van der Waals surface area contributed by atoms with E-state index in [1.54, 1.807) is 0 Å². The molecule has 0 bridgehead atoms. The van der Waals surface area contributed by atoms with Gasteiger partial charge >= 0.3 is 0 Å². The molecule has 1 amide bonds. The second-order valence-electron chi connectivity index (χ2n) is 6.82. The zero-order valence-electron chi connectivity index (χ0n) is 14.1. The van der Waals surface area contributed by atoms with Gasteiger partial charge in [0.15, 0.2) is 0 Å². The van der Waals surface area contributed by atoms with Gasteiger partial charge in [-0.05, 0) is 30.2 Å². The molecular weight excluding hydrogens is 354 g/mol. The third-order valence-corrected chi connectivity index (χ3v) is 5.23. The molecule has 3 heterocycles. The highest BCUT2D eigenvalue weighted by Crippen LogP contribution is 2.31. The molecule has 2 fully saturated rings. The summed E-state index contributed by atoms with van der Waals surface area (Å²) in [4.78, 5) is 18.6. The van der Waals surface area contributed by atoms with Crippen molar-refractivity contribution in [3.8, 4) is 5.75 Å². The van der Waals surface area contributed by atoms with Crippen LogP contribution in [0.1, 0.15) is 28.4 Å². The largest absolute Gasteiger partial charge is 0.506 e. The van der Waals surface area contributed by atoms with Crippen molar-refractivity contribution in [2.75, 3.05) is 19.7 Å². The fourth-order valence-electron chi connectivity index (χ4n) is 3.68. The average Bonchev–Trinajstić information content (AvgIpc) is 3.03. The van der Waals surface area contributed by atoms with Crippen molar-refractivity contribution in [1.82, 2.24) is 15.2 Å². The number of pyridine rings is 1. The fraction of sp³-hybridized carbons (Fsp3) is 0.368. The van der Waals surface area contributed by atoms with Crippen LogP contribution in [0.3, 0.4) is 0 Å². The number of hydrogen-bond acceptors (Lipinski definition) is 5. The van der Waals surface area contributed by atoms with Crippen LogP contribution in [-0.2, 0) is 4.74 Å². The second kappa shape index (κ2) is 7.23. The van der Waals surface area contributed by atoms with E-state index < -0.39 is 0 Å². The monoisotopic (exact) mass is 373 g/mol. The number of carbonyl (C=O) groups is 1. The third-order valence-electron chi connectivity index (χ3n) is 4.98. The van der Waals surface area contributed by atoms with Gasteiger partial charge in [0.25, 0.3) is 5.91 Å². The fourth-order valence-corrected chi connectivity index (χ4v) is 3.80. The number of hydrogen-bond donors (Lipinski definition) is 2. The van der Waals surface area contributed by atoms with E-state index in [9.17, 15) is 9.90 Å². The van der Waals surface area contributed by atoms with Crippen molar-refractivity contribution in [1.29, 1.82) is 0 Å². The number of ether oxygens (including phenoxy) is 1. The Balaban J connectivity index is 1.37. The Kier molecular flexibility index (Phi) is 4.80. The summed E-state index contributed by atoms with van der Waals surface area (Å²) in [6, 6.07) is 9.54. The predicted molar refractivity (Wildman–Crippen MR) is 97.3 cm³/mol. The lowest BCUT2D eigenvalue weighted by Crippen LogP contribution is -2.43. The van der Waals surface area contributed by atoms with E-state index in [0.717, 1.165) is 25.1 Å². The van der Waals surface area contributed by atoms with Crippen LogP contribution in [0.2, 0.25) is 5.02 Å². The Morgan fingerprint density at radius 2 is 2.08 bits per heavy atom. The Morgan fingerprint density at radius 3 is 2.85 bits per heavy atom. The van der Waals surface area contributed by atoms with Crippen LogP contribution in [0.15, 0.2) is 42.7 Å². The van der Waals surface area contributed by atoms with Gasteiger partial charge in [0.05, 0.1) is 24.5 Å². The summed E-state index contributed by atoms with van der Waals surface area (Å²) in [5.41, 5.74) is 1.48.